The fraction of sp³-hybridized carbons (Fsp3) is 0.318. The highest BCUT2D eigenvalue weighted by Gasteiger charge is 2.22. The van der Waals surface area contributed by atoms with E-state index in [2.05, 4.69) is 15.4 Å². The molecule has 144 valence electrons. The number of rotatable bonds is 4. The Morgan fingerprint density at radius 2 is 1.86 bits per heavy atom. The lowest BCUT2D eigenvalue weighted by Gasteiger charge is -2.21. The average molecular weight is 378 g/mol. The third-order valence-corrected chi connectivity index (χ3v) is 5.10. The Balaban J connectivity index is 1.71. The third-order valence-electron chi connectivity index (χ3n) is 5.10. The second-order valence-corrected chi connectivity index (χ2v) is 7.33. The molecule has 0 saturated heterocycles. The molecule has 3 aromatic rings. The predicted molar refractivity (Wildman–Crippen MR) is 106 cm³/mol. The monoisotopic (exact) mass is 378 g/mol. The number of nitrogens with zero attached hydrogens (tertiary/aromatic N) is 3. The van der Waals surface area contributed by atoms with Crippen molar-refractivity contribution in [2.75, 3.05) is 0 Å². The van der Waals surface area contributed by atoms with Crippen molar-refractivity contribution >= 4 is 5.91 Å². The lowest BCUT2D eigenvalue weighted by Crippen LogP contribution is -2.36. The third kappa shape index (κ3) is 3.96. The summed E-state index contributed by atoms with van der Waals surface area (Å²) < 4.78 is 15.0. The molecule has 5 nitrogen and oxygen atoms in total. The Morgan fingerprint density at radius 1 is 1.11 bits per heavy atom. The van der Waals surface area contributed by atoms with Crippen molar-refractivity contribution in [2.45, 2.75) is 45.1 Å². The molecular weight excluding hydrogens is 355 g/mol. The van der Waals surface area contributed by atoms with Crippen LogP contribution in [-0.2, 0) is 0 Å². The molecule has 0 aliphatic heterocycles. The molecular formula is C22H23FN4O. The number of carbonyl (C=O) groups excluding carboxylic acids is 1. The van der Waals surface area contributed by atoms with Crippen LogP contribution in [0.3, 0.4) is 0 Å². The maximum absolute atomic E-state index is 13.4. The number of hydrogen-bond donors (Lipinski definition) is 1. The van der Waals surface area contributed by atoms with E-state index in [1.54, 1.807) is 16.8 Å². The van der Waals surface area contributed by atoms with Crippen LogP contribution in [0.1, 0.15) is 48.3 Å². The van der Waals surface area contributed by atoms with Gasteiger partial charge in [0.05, 0.1) is 5.69 Å². The second kappa shape index (κ2) is 7.92. The van der Waals surface area contributed by atoms with Gasteiger partial charge in [0.1, 0.15) is 5.82 Å². The largest absolute Gasteiger partial charge is 0.347 e. The van der Waals surface area contributed by atoms with Crippen molar-refractivity contribution in [1.29, 1.82) is 0 Å². The summed E-state index contributed by atoms with van der Waals surface area (Å²) in [4.78, 5) is 17.3. The van der Waals surface area contributed by atoms with Gasteiger partial charge in [-0.15, -0.1) is 5.10 Å². The van der Waals surface area contributed by atoms with E-state index < -0.39 is 0 Å². The molecule has 4 rings (SSSR count). The number of aryl methyl sites for hydroxylation is 1. The first-order valence-electron chi connectivity index (χ1n) is 9.71. The summed E-state index contributed by atoms with van der Waals surface area (Å²) in [7, 11) is 0. The fourth-order valence-corrected chi connectivity index (χ4v) is 3.63. The number of aromatic nitrogens is 3. The van der Waals surface area contributed by atoms with Crippen LogP contribution >= 0.6 is 0 Å². The summed E-state index contributed by atoms with van der Waals surface area (Å²) in [5.74, 6) is 0.0631. The predicted octanol–water partition coefficient (Wildman–Crippen LogP) is 4.44. The van der Waals surface area contributed by atoms with Crippen molar-refractivity contribution < 1.29 is 9.18 Å². The van der Waals surface area contributed by atoms with Gasteiger partial charge in [-0.25, -0.2) is 14.1 Å². The van der Waals surface area contributed by atoms with Crippen LogP contribution in [0.15, 0.2) is 48.5 Å². The summed E-state index contributed by atoms with van der Waals surface area (Å²) in [6.07, 6.45) is 5.49. The number of amides is 1. The topological polar surface area (TPSA) is 59.8 Å². The van der Waals surface area contributed by atoms with Gasteiger partial charge in [0, 0.05) is 11.6 Å². The Kier molecular flexibility index (Phi) is 5.19. The molecule has 0 bridgehead atoms. The molecule has 1 aliphatic carbocycles. The highest BCUT2D eigenvalue weighted by atomic mass is 19.1. The van der Waals surface area contributed by atoms with Crippen LogP contribution in [0.25, 0.3) is 17.1 Å². The summed E-state index contributed by atoms with van der Waals surface area (Å²) in [5.41, 5.74) is 2.59. The minimum absolute atomic E-state index is 0.131. The lowest BCUT2D eigenvalue weighted by atomic mass is 9.95. The van der Waals surface area contributed by atoms with Crippen LogP contribution in [0.5, 0.6) is 0 Å². The van der Waals surface area contributed by atoms with E-state index >= 15 is 0 Å². The minimum atomic E-state index is -0.319. The molecule has 0 spiro atoms. The van der Waals surface area contributed by atoms with Crippen LogP contribution in [0, 0.1) is 12.7 Å². The van der Waals surface area contributed by atoms with Gasteiger partial charge in [0.15, 0.2) is 5.82 Å². The van der Waals surface area contributed by atoms with Crippen molar-refractivity contribution in [3.05, 3.63) is 65.7 Å². The van der Waals surface area contributed by atoms with E-state index in [4.69, 9.17) is 0 Å². The van der Waals surface area contributed by atoms with E-state index in [-0.39, 0.29) is 23.6 Å². The first-order valence-corrected chi connectivity index (χ1v) is 9.71. The Labute approximate surface area is 163 Å². The standard InChI is InChI=1S/C22H23FN4O/c1-15-6-5-9-19(14-15)27-21(16-10-12-17(23)13-11-16)25-20(26-27)22(28)24-18-7-3-2-4-8-18/h5-6,9-14,18H,2-4,7-8H2,1H3,(H,24,28). The minimum Gasteiger partial charge on any atom is -0.347 e. The highest BCUT2D eigenvalue weighted by molar-refractivity contribution is 5.91. The normalized spacial score (nSPS) is 14.8. The average Bonchev–Trinajstić information content (AvgIpc) is 3.15. The first-order chi connectivity index (χ1) is 13.6. The molecule has 1 aliphatic rings. The number of carbonyl (C=O) groups is 1. The lowest BCUT2D eigenvalue weighted by molar-refractivity contribution is 0.0917. The molecule has 28 heavy (non-hydrogen) atoms. The molecule has 1 heterocycles. The molecule has 2 aromatic carbocycles. The highest BCUT2D eigenvalue weighted by Crippen LogP contribution is 2.23. The maximum atomic E-state index is 13.4. The van der Waals surface area contributed by atoms with Crippen LogP contribution in [-0.4, -0.2) is 26.7 Å². The van der Waals surface area contributed by atoms with Crippen LogP contribution in [0.2, 0.25) is 0 Å². The van der Waals surface area contributed by atoms with E-state index in [1.165, 1.54) is 18.6 Å². The molecule has 6 heteroatoms. The number of benzene rings is 2. The van der Waals surface area contributed by atoms with E-state index in [9.17, 15) is 9.18 Å². The smallest absolute Gasteiger partial charge is 0.291 e. The van der Waals surface area contributed by atoms with Gasteiger partial charge in [-0.2, -0.15) is 0 Å². The van der Waals surface area contributed by atoms with Gasteiger partial charge < -0.3 is 5.32 Å². The molecule has 1 amide bonds. The summed E-state index contributed by atoms with van der Waals surface area (Å²) in [6.45, 7) is 1.99. The van der Waals surface area contributed by atoms with Crippen molar-refractivity contribution in [2.24, 2.45) is 0 Å². The van der Waals surface area contributed by atoms with Gasteiger partial charge in [-0.05, 0) is 61.7 Å². The quantitative estimate of drug-likeness (QED) is 0.730. The van der Waals surface area contributed by atoms with Gasteiger partial charge in [-0.3, -0.25) is 4.79 Å². The van der Waals surface area contributed by atoms with E-state index in [0.717, 1.165) is 36.9 Å². The fourth-order valence-electron chi connectivity index (χ4n) is 3.63. The molecule has 1 saturated carbocycles. The summed E-state index contributed by atoms with van der Waals surface area (Å²) >= 11 is 0. The van der Waals surface area contributed by atoms with E-state index in [1.807, 2.05) is 31.2 Å². The van der Waals surface area contributed by atoms with Crippen LogP contribution < -0.4 is 5.32 Å². The number of hydrogen-bond acceptors (Lipinski definition) is 3. The maximum Gasteiger partial charge on any atom is 0.291 e. The Hall–Kier alpha value is -3.02. The molecule has 1 aromatic heterocycles. The second-order valence-electron chi connectivity index (χ2n) is 7.33. The van der Waals surface area contributed by atoms with Gasteiger partial charge in [-0.1, -0.05) is 31.4 Å². The molecule has 0 unspecified atom stereocenters. The van der Waals surface area contributed by atoms with Crippen molar-refractivity contribution in [3.63, 3.8) is 0 Å². The van der Waals surface area contributed by atoms with Crippen molar-refractivity contribution in [1.82, 2.24) is 20.1 Å². The van der Waals surface area contributed by atoms with E-state index in [0.29, 0.717) is 11.4 Å². The SMILES string of the molecule is Cc1cccc(-n2nc(C(=O)NC3CCCCC3)nc2-c2ccc(F)cc2)c1. The zero-order valence-corrected chi connectivity index (χ0v) is 15.9. The van der Waals surface area contributed by atoms with Crippen molar-refractivity contribution in [3.8, 4) is 17.1 Å². The van der Waals surface area contributed by atoms with Crippen LogP contribution in [0.4, 0.5) is 4.39 Å². The zero-order chi connectivity index (χ0) is 19.5. The summed E-state index contributed by atoms with van der Waals surface area (Å²) in [5, 5.41) is 7.55. The molecule has 0 radical (unpaired) electrons. The Bertz CT molecular complexity index is 974. The molecule has 1 N–H and O–H groups in total. The van der Waals surface area contributed by atoms with Gasteiger partial charge in [0.25, 0.3) is 5.91 Å². The van der Waals surface area contributed by atoms with Gasteiger partial charge >= 0.3 is 0 Å². The molecule has 1 fully saturated rings. The van der Waals surface area contributed by atoms with Gasteiger partial charge in [0.2, 0.25) is 5.82 Å². The summed E-state index contributed by atoms with van der Waals surface area (Å²) in [6, 6.07) is 14.1. The number of halogens is 1. The Morgan fingerprint density at radius 3 is 2.57 bits per heavy atom. The number of nitrogens with one attached hydrogen (secondary N) is 1. The first kappa shape index (κ1) is 18.3. The molecule has 0 atom stereocenters. The zero-order valence-electron chi connectivity index (χ0n) is 15.9.